The molecule has 0 radical (unpaired) electrons. The van der Waals surface area contributed by atoms with Gasteiger partial charge in [-0.15, -0.1) is 0 Å². The lowest BCUT2D eigenvalue weighted by Gasteiger charge is -2.37. The van der Waals surface area contributed by atoms with E-state index < -0.39 is 10.2 Å². The van der Waals surface area contributed by atoms with E-state index in [1.165, 1.54) is 0 Å². The molecule has 11 heteroatoms. The molecule has 0 aromatic carbocycles. The molecule has 0 spiro atoms. The molecule has 2 unspecified atom stereocenters. The molecule has 0 aliphatic carbocycles. The highest BCUT2D eigenvalue weighted by Crippen LogP contribution is 2.43. The molecule has 0 amide bonds. The van der Waals surface area contributed by atoms with Crippen LogP contribution in [0.4, 0.5) is 0 Å². The summed E-state index contributed by atoms with van der Waals surface area (Å²) < 4.78 is 38.7. The van der Waals surface area contributed by atoms with Crippen molar-refractivity contribution in [3.8, 4) is 0 Å². The van der Waals surface area contributed by atoms with Crippen molar-refractivity contribution >= 4 is 44.6 Å². The van der Waals surface area contributed by atoms with Crippen molar-refractivity contribution in [3.05, 3.63) is 0 Å². The van der Waals surface area contributed by atoms with Crippen LogP contribution in [0.25, 0.3) is 0 Å². The summed E-state index contributed by atoms with van der Waals surface area (Å²) in [7, 11) is 11.4. The van der Waals surface area contributed by atoms with Crippen LogP contribution in [0.1, 0.15) is 0 Å². The number of rotatable bonds is 14. The Hall–Kier alpha value is 0.854. The van der Waals surface area contributed by atoms with E-state index in [1.54, 1.807) is 42.7 Å². The molecule has 0 heterocycles. The van der Waals surface area contributed by atoms with Gasteiger partial charge in [0.1, 0.15) is 12.2 Å². The first kappa shape index (κ1) is 23.9. The van der Waals surface area contributed by atoms with Crippen LogP contribution in [0.15, 0.2) is 0 Å². The van der Waals surface area contributed by atoms with Gasteiger partial charge in [-0.05, 0) is 12.1 Å². The molecule has 0 bridgehead atoms. The lowest BCUT2D eigenvalue weighted by molar-refractivity contribution is -0.200. The maximum atomic E-state index is 5.70. The Morgan fingerprint density at radius 2 is 1.00 bits per heavy atom. The summed E-state index contributed by atoms with van der Waals surface area (Å²) in [5.74, 6) is 0. The fourth-order valence-electron chi connectivity index (χ4n) is 2.17. The second-order valence-corrected chi connectivity index (χ2v) is 8.17. The summed E-state index contributed by atoms with van der Waals surface area (Å²) >= 11 is 2.07. The SMILES string of the molecule is COC(C[SiH3])C(OC)(OC)SOSC(OC)(OC)C(C[SiH3])OC. The van der Waals surface area contributed by atoms with Gasteiger partial charge < -0.3 is 28.4 Å². The minimum atomic E-state index is -1.06. The molecule has 140 valence electrons. The van der Waals surface area contributed by atoms with Crippen molar-refractivity contribution < 1.29 is 32.1 Å². The first-order chi connectivity index (χ1) is 11.0. The lowest BCUT2D eigenvalue weighted by atomic mass is 10.4. The molecule has 7 nitrogen and oxygen atoms in total. The van der Waals surface area contributed by atoms with Crippen LogP contribution in [-0.2, 0) is 32.1 Å². The van der Waals surface area contributed by atoms with Crippen LogP contribution < -0.4 is 0 Å². The molecule has 0 aliphatic rings. The van der Waals surface area contributed by atoms with Gasteiger partial charge in [0, 0.05) is 63.1 Å². The first-order valence-corrected chi connectivity index (χ1v) is 11.6. The van der Waals surface area contributed by atoms with Gasteiger partial charge in [0.15, 0.2) is 0 Å². The number of methoxy groups -OCH3 is 6. The third-order valence-corrected chi connectivity index (χ3v) is 7.22. The minimum absolute atomic E-state index is 0.244. The Morgan fingerprint density at radius 3 is 1.17 bits per heavy atom. The predicted octanol–water partition coefficient (Wildman–Crippen LogP) is -0.210. The van der Waals surface area contributed by atoms with E-state index in [4.69, 9.17) is 32.1 Å². The van der Waals surface area contributed by atoms with E-state index in [1.807, 2.05) is 0 Å². The summed E-state index contributed by atoms with van der Waals surface area (Å²) in [5, 5.41) is -2.11. The van der Waals surface area contributed by atoms with Crippen LogP contribution in [0.2, 0.25) is 12.1 Å². The smallest absolute Gasteiger partial charge is 0.271 e. The lowest BCUT2D eigenvalue weighted by Crippen LogP contribution is -2.45. The maximum Gasteiger partial charge on any atom is 0.271 e. The van der Waals surface area contributed by atoms with Gasteiger partial charge in [0.05, 0.1) is 24.1 Å². The van der Waals surface area contributed by atoms with Gasteiger partial charge in [-0.2, -0.15) is 0 Å². The molecule has 0 aliphatic heterocycles. The van der Waals surface area contributed by atoms with E-state index in [-0.39, 0.29) is 12.2 Å². The number of hydrogen-bond acceptors (Lipinski definition) is 9. The van der Waals surface area contributed by atoms with E-state index >= 15 is 0 Å². The number of ether oxygens (including phenoxy) is 6. The average Bonchev–Trinajstić information content (AvgIpc) is 2.60. The third kappa shape index (κ3) is 5.95. The van der Waals surface area contributed by atoms with Gasteiger partial charge in [0.2, 0.25) is 0 Å². The Balaban J connectivity index is 5.03. The molecule has 2 atom stereocenters. The molecule has 0 N–H and O–H groups in total. The Kier molecular flexibility index (Phi) is 12.7. The Labute approximate surface area is 154 Å². The van der Waals surface area contributed by atoms with E-state index in [0.29, 0.717) is 0 Å². The van der Waals surface area contributed by atoms with Crippen molar-refractivity contribution in [3.63, 3.8) is 0 Å². The summed E-state index contributed by atoms with van der Waals surface area (Å²) in [4.78, 5) is 0. The monoisotopic (exact) mass is 406 g/mol. The normalized spacial score (nSPS) is 15.9. The summed E-state index contributed by atoms with van der Waals surface area (Å²) in [6, 6.07) is 1.67. The molecule has 23 heavy (non-hydrogen) atoms. The van der Waals surface area contributed by atoms with Crippen LogP contribution in [0, 0.1) is 0 Å². The van der Waals surface area contributed by atoms with Crippen LogP contribution in [-0.4, -0.2) is 85.6 Å². The molecule has 0 saturated carbocycles. The topological polar surface area (TPSA) is 64.6 Å². The molecular formula is C12H30O7S2Si2. The van der Waals surface area contributed by atoms with E-state index in [9.17, 15) is 0 Å². The van der Waals surface area contributed by atoms with Crippen molar-refractivity contribution in [2.75, 3.05) is 42.7 Å². The third-order valence-electron chi connectivity index (χ3n) is 3.54. The zero-order valence-electron chi connectivity index (χ0n) is 15.2. The van der Waals surface area contributed by atoms with Crippen LogP contribution in [0.5, 0.6) is 0 Å². The Morgan fingerprint density at radius 1 is 0.696 bits per heavy atom. The summed E-state index contributed by atoms with van der Waals surface area (Å²) in [6.07, 6.45) is -0.489. The zero-order valence-corrected chi connectivity index (χ0v) is 20.9. The summed E-state index contributed by atoms with van der Waals surface area (Å²) in [6.45, 7) is 0. The summed E-state index contributed by atoms with van der Waals surface area (Å²) in [5.41, 5.74) is 0. The van der Waals surface area contributed by atoms with Crippen LogP contribution in [0.3, 0.4) is 0 Å². The van der Waals surface area contributed by atoms with Gasteiger partial charge in [-0.1, -0.05) is 0 Å². The second-order valence-electron chi connectivity index (χ2n) is 4.52. The minimum Gasteiger partial charge on any atom is -0.375 e. The zero-order chi connectivity index (χ0) is 17.9. The predicted molar refractivity (Wildman–Crippen MR) is 101 cm³/mol. The fourth-order valence-corrected chi connectivity index (χ4v) is 6.41. The van der Waals surface area contributed by atoms with E-state index in [2.05, 4.69) is 0 Å². The van der Waals surface area contributed by atoms with Crippen molar-refractivity contribution in [2.24, 2.45) is 0 Å². The Bertz CT molecular complexity index is 271. The van der Waals surface area contributed by atoms with Gasteiger partial charge in [-0.25, -0.2) is 3.63 Å². The van der Waals surface area contributed by atoms with Crippen molar-refractivity contribution in [1.29, 1.82) is 0 Å². The maximum absolute atomic E-state index is 5.70. The van der Waals surface area contributed by atoms with Crippen molar-refractivity contribution in [1.82, 2.24) is 0 Å². The molecule has 0 aromatic rings. The van der Waals surface area contributed by atoms with E-state index in [0.717, 1.165) is 56.7 Å². The van der Waals surface area contributed by atoms with Crippen LogP contribution >= 0.6 is 24.1 Å². The fraction of sp³-hybridized carbons (Fsp3) is 1.00. The number of hydrogen-bond donors (Lipinski definition) is 0. The van der Waals surface area contributed by atoms with Gasteiger partial charge >= 0.3 is 0 Å². The van der Waals surface area contributed by atoms with Gasteiger partial charge in [-0.3, -0.25) is 0 Å². The molecule has 0 fully saturated rings. The first-order valence-electron chi connectivity index (χ1n) is 7.29. The molecule has 0 saturated heterocycles. The highest BCUT2D eigenvalue weighted by molar-refractivity contribution is 8.08. The van der Waals surface area contributed by atoms with Gasteiger partial charge in [0.25, 0.3) is 10.2 Å². The molecular weight excluding hydrogens is 376 g/mol. The van der Waals surface area contributed by atoms with Crippen molar-refractivity contribution in [2.45, 2.75) is 34.5 Å². The standard InChI is InChI=1S/C12H30O7S2Si2/c1-13-9(7-22)11(15-3,16-4)20-19-21-12(17-5,18-6)10(8-23)14-2/h9-10H,7-8H2,1-6,22-23H3. The molecule has 0 aromatic heterocycles. The highest BCUT2D eigenvalue weighted by atomic mass is 32.2. The quantitative estimate of drug-likeness (QED) is 0.221. The molecule has 0 rings (SSSR count). The average molecular weight is 407 g/mol. The largest absolute Gasteiger partial charge is 0.375 e. The second kappa shape index (κ2) is 12.2. The highest BCUT2D eigenvalue weighted by Gasteiger charge is 2.45.